The van der Waals surface area contributed by atoms with E-state index in [1.807, 2.05) is 0 Å². The molecule has 2 unspecified atom stereocenters. The molecular formula is C15H18ClNO4. The highest BCUT2D eigenvalue weighted by molar-refractivity contribution is 6.30. The molecule has 1 aliphatic rings. The predicted octanol–water partition coefficient (Wildman–Crippen LogP) is 2.24. The van der Waals surface area contributed by atoms with Crippen LogP contribution in [0, 0.1) is 0 Å². The maximum Gasteiger partial charge on any atom is 0.307 e. The summed E-state index contributed by atoms with van der Waals surface area (Å²) in [5, 5.41) is 3.45. The van der Waals surface area contributed by atoms with E-state index in [0.29, 0.717) is 18.1 Å². The Morgan fingerprint density at radius 3 is 2.71 bits per heavy atom. The van der Waals surface area contributed by atoms with Gasteiger partial charge in [0.25, 0.3) is 0 Å². The number of amides is 1. The highest BCUT2D eigenvalue weighted by atomic mass is 35.5. The van der Waals surface area contributed by atoms with Gasteiger partial charge in [-0.1, -0.05) is 23.7 Å². The monoisotopic (exact) mass is 311 g/mol. The fourth-order valence-corrected chi connectivity index (χ4v) is 2.37. The van der Waals surface area contributed by atoms with Gasteiger partial charge < -0.3 is 14.8 Å². The van der Waals surface area contributed by atoms with Crippen LogP contribution in [0.5, 0.6) is 0 Å². The molecular weight excluding hydrogens is 294 g/mol. The zero-order chi connectivity index (χ0) is 15.2. The molecule has 5 nitrogen and oxygen atoms in total. The summed E-state index contributed by atoms with van der Waals surface area (Å²) >= 11 is 5.86. The summed E-state index contributed by atoms with van der Waals surface area (Å²) in [6, 6.07) is 6.56. The van der Waals surface area contributed by atoms with Crippen LogP contribution in [0.15, 0.2) is 24.3 Å². The van der Waals surface area contributed by atoms with Crippen LogP contribution in [-0.2, 0) is 19.1 Å². The standard InChI is InChI=1S/C15H18ClNO4/c1-20-14(18)9-12(10-4-6-11(16)7-5-10)17-15(19)13-3-2-8-21-13/h4-7,12-13H,2-3,8-9H2,1H3,(H,17,19). The van der Waals surface area contributed by atoms with Gasteiger partial charge in [0, 0.05) is 11.6 Å². The first-order chi connectivity index (χ1) is 10.1. The van der Waals surface area contributed by atoms with Crippen molar-refractivity contribution in [3.63, 3.8) is 0 Å². The van der Waals surface area contributed by atoms with E-state index < -0.39 is 12.1 Å². The van der Waals surface area contributed by atoms with Crippen LogP contribution in [0.1, 0.15) is 30.9 Å². The van der Waals surface area contributed by atoms with Crippen LogP contribution in [0.4, 0.5) is 0 Å². The number of carbonyl (C=O) groups excluding carboxylic acids is 2. The lowest BCUT2D eigenvalue weighted by Crippen LogP contribution is -2.37. The van der Waals surface area contributed by atoms with Gasteiger partial charge in [0.1, 0.15) is 6.10 Å². The van der Waals surface area contributed by atoms with Crippen LogP contribution in [0.25, 0.3) is 0 Å². The van der Waals surface area contributed by atoms with Crippen molar-refractivity contribution in [3.05, 3.63) is 34.9 Å². The van der Waals surface area contributed by atoms with Crippen LogP contribution in [0.2, 0.25) is 5.02 Å². The smallest absolute Gasteiger partial charge is 0.307 e. The molecule has 2 atom stereocenters. The van der Waals surface area contributed by atoms with E-state index >= 15 is 0 Å². The third kappa shape index (κ3) is 4.44. The maximum absolute atomic E-state index is 12.2. The molecule has 0 saturated carbocycles. The van der Waals surface area contributed by atoms with Crippen LogP contribution in [-0.4, -0.2) is 31.7 Å². The van der Waals surface area contributed by atoms with Crippen molar-refractivity contribution in [2.45, 2.75) is 31.4 Å². The molecule has 0 bridgehead atoms. The minimum Gasteiger partial charge on any atom is -0.469 e. The number of halogens is 1. The normalized spacial score (nSPS) is 19.0. The summed E-state index contributed by atoms with van der Waals surface area (Å²) in [6.07, 6.45) is 1.21. The lowest BCUT2D eigenvalue weighted by atomic mass is 10.0. The molecule has 21 heavy (non-hydrogen) atoms. The van der Waals surface area contributed by atoms with Crippen molar-refractivity contribution in [2.24, 2.45) is 0 Å². The second-order valence-corrected chi connectivity index (χ2v) is 5.33. The summed E-state index contributed by atoms with van der Waals surface area (Å²) in [5.41, 5.74) is 0.802. The SMILES string of the molecule is COC(=O)CC(NC(=O)C1CCCO1)c1ccc(Cl)cc1. The van der Waals surface area contributed by atoms with E-state index in [9.17, 15) is 9.59 Å². The van der Waals surface area contributed by atoms with Gasteiger partial charge in [0.2, 0.25) is 5.91 Å². The number of nitrogens with one attached hydrogen (secondary N) is 1. The van der Waals surface area contributed by atoms with Crippen molar-refractivity contribution in [1.29, 1.82) is 0 Å². The van der Waals surface area contributed by atoms with E-state index in [1.165, 1.54) is 7.11 Å². The molecule has 1 aromatic rings. The number of methoxy groups -OCH3 is 1. The molecule has 1 N–H and O–H groups in total. The topological polar surface area (TPSA) is 64.6 Å². The minimum atomic E-state index is -0.452. The molecule has 0 radical (unpaired) electrons. The Kier molecular flexibility index (Phi) is 5.59. The average Bonchev–Trinajstić information content (AvgIpc) is 3.01. The Labute approximate surface area is 128 Å². The van der Waals surface area contributed by atoms with E-state index in [1.54, 1.807) is 24.3 Å². The van der Waals surface area contributed by atoms with Gasteiger partial charge in [-0.25, -0.2) is 0 Å². The minimum absolute atomic E-state index is 0.0661. The number of hydrogen-bond acceptors (Lipinski definition) is 4. The number of rotatable bonds is 5. The first kappa shape index (κ1) is 15.8. The van der Waals surface area contributed by atoms with Gasteiger partial charge in [-0.2, -0.15) is 0 Å². The zero-order valence-electron chi connectivity index (χ0n) is 11.8. The first-order valence-electron chi connectivity index (χ1n) is 6.84. The van der Waals surface area contributed by atoms with E-state index in [4.69, 9.17) is 16.3 Å². The fourth-order valence-electron chi connectivity index (χ4n) is 2.25. The van der Waals surface area contributed by atoms with E-state index in [-0.39, 0.29) is 18.3 Å². The van der Waals surface area contributed by atoms with Gasteiger partial charge in [-0.05, 0) is 30.5 Å². The summed E-state index contributed by atoms with van der Waals surface area (Å²) in [5.74, 6) is -0.584. The van der Waals surface area contributed by atoms with Crippen LogP contribution in [0.3, 0.4) is 0 Å². The van der Waals surface area contributed by atoms with Gasteiger partial charge >= 0.3 is 5.97 Å². The van der Waals surface area contributed by atoms with Crippen LogP contribution >= 0.6 is 11.6 Å². The Morgan fingerprint density at radius 2 is 2.14 bits per heavy atom. The second kappa shape index (κ2) is 7.43. The first-order valence-corrected chi connectivity index (χ1v) is 7.22. The average molecular weight is 312 g/mol. The molecule has 1 aliphatic heterocycles. The van der Waals surface area contributed by atoms with E-state index in [2.05, 4.69) is 10.1 Å². The Morgan fingerprint density at radius 1 is 1.43 bits per heavy atom. The highest BCUT2D eigenvalue weighted by Gasteiger charge is 2.27. The van der Waals surface area contributed by atoms with Gasteiger partial charge in [-0.15, -0.1) is 0 Å². The molecule has 1 saturated heterocycles. The van der Waals surface area contributed by atoms with Crippen molar-refractivity contribution >= 4 is 23.5 Å². The van der Waals surface area contributed by atoms with Crippen molar-refractivity contribution in [3.8, 4) is 0 Å². The molecule has 1 aromatic carbocycles. The van der Waals surface area contributed by atoms with E-state index in [0.717, 1.165) is 12.0 Å². The molecule has 1 fully saturated rings. The Hall–Kier alpha value is -1.59. The number of carbonyl (C=O) groups is 2. The lowest BCUT2D eigenvalue weighted by molar-refractivity contribution is -0.141. The van der Waals surface area contributed by atoms with Crippen molar-refractivity contribution in [2.75, 3.05) is 13.7 Å². The summed E-state index contributed by atoms with van der Waals surface area (Å²) in [7, 11) is 1.32. The third-order valence-corrected chi connectivity index (χ3v) is 3.66. The Bertz CT molecular complexity index is 497. The molecule has 6 heteroatoms. The largest absolute Gasteiger partial charge is 0.469 e. The maximum atomic E-state index is 12.2. The number of benzene rings is 1. The molecule has 0 aliphatic carbocycles. The molecule has 1 heterocycles. The van der Waals surface area contributed by atoms with Gasteiger partial charge in [0.15, 0.2) is 0 Å². The quantitative estimate of drug-likeness (QED) is 0.847. The number of hydrogen-bond donors (Lipinski definition) is 1. The molecule has 1 amide bonds. The number of ether oxygens (including phenoxy) is 2. The highest BCUT2D eigenvalue weighted by Crippen LogP contribution is 2.21. The molecule has 0 spiro atoms. The summed E-state index contributed by atoms with van der Waals surface area (Å²) in [4.78, 5) is 23.7. The lowest BCUT2D eigenvalue weighted by Gasteiger charge is -2.20. The van der Waals surface area contributed by atoms with Gasteiger partial charge in [-0.3, -0.25) is 9.59 Å². The van der Waals surface area contributed by atoms with Gasteiger partial charge in [0.05, 0.1) is 19.6 Å². The third-order valence-electron chi connectivity index (χ3n) is 3.41. The molecule has 114 valence electrons. The molecule has 2 rings (SSSR count). The Balaban J connectivity index is 2.09. The zero-order valence-corrected chi connectivity index (χ0v) is 12.6. The fraction of sp³-hybridized carbons (Fsp3) is 0.467. The summed E-state index contributed by atoms with van der Waals surface area (Å²) < 4.78 is 10.0. The predicted molar refractivity (Wildman–Crippen MR) is 77.9 cm³/mol. The molecule has 0 aromatic heterocycles. The second-order valence-electron chi connectivity index (χ2n) is 4.89. The number of esters is 1. The van der Waals surface area contributed by atoms with Crippen LogP contribution < -0.4 is 5.32 Å². The van der Waals surface area contributed by atoms with Crippen molar-refractivity contribution < 1.29 is 19.1 Å². The van der Waals surface area contributed by atoms with Crippen molar-refractivity contribution in [1.82, 2.24) is 5.32 Å². The summed E-state index contributed by atoms with van der Waals surface area (Å²) in [6.45, 7) is 0.598.